The first-order valence-electron chi connectivity index (χ1n) is 7.83. The zero-order valence-corrected chi connectivity index (χ0v) is 12.2. The van der Waals surface area contributed by atoms with Gasteiger partial charge in [-0.15, -0.1) is 0 Å². The molecule has 0 aliphatic heterocycles. The Kier molecular flexibility index (Phi) is 2.24. The van der Waals surface area contributed by atoms with Crippen molar-refractivity contribution in [2.45, 2.75) is 37.5 Å². The van der Waals surface area contributed by atoms with Crippen LogP contribution in [0.2, 0.25) is 0 Å². The van der Waals surface area contributed by atoms with Gasteiger partial charge >= 0.3 is 0 Å². The maximum atomic E-state index is 13.1. The molecule has 5 nitrogen and oxygen atoms in total. The van der Waals surface area contributed by atoms with Crippen LogP contribution >= 0.6 is 0 Å². The Bertz CT molecular complexity index is 947. The van der Waals surface area contributed by atoms with Crippen LogP contribution in [0.1, 0.15) is 36.8 Å². The molecule has 1 spiro atoms. The lowest BCUT2D eigenvalue weighted by Gasteiger charge is -2.35. The predicted octanol–water partition coefficient (Wildman–Crippen LogP) is 2.45. The molecule has 0 amide bonds. The average Bonchev–Trinajstić information content (AvgIpc) is 3.17. The number of aromatic nitrogens is 4. The van der Waals surface area contributed by atoms with Crippen LogP contribution in [0, 0.1) is 0 Å². The zero-order chi connectivity index (χ0) is 14.7. The van der Waals surface area contributed by atoms with Gasteiger partial charge in [0.25, 0.3) is 5.56 Å². The van der Waals surface area contributed by atoms with Crippen LogP contribution in [0.3, 0.4) is 0 Å². The summed E-state index contributed by atoms with van der Waals surface area (Å²) in [6, 6.07) is 8.35. The van der Waals surface area contributed by atoms with Crippen LogP contribution in [0.25, 0.3) is 17.0 Å². The molecular formula is C17H16N4O. The predicted molar refractivity (Wildman–Crippen MR) is 82.9 cm³/mol. The van der Waals surface area contributed by atoms with E-state index in [9.17, 15) is 4.79 Å². The third-order valence-electron chi connectivity index (χ3n) is 5.35. The van der Waals surface area contributed by atoms with E-state index >= 15 is 0 Å². The highest BCUT2D eigenvalue weighted by molar-refractivity contribution is 5.72. The molecule has 110 valence electrons. The van der Waals surface area contributed by atoms with Gasteiger partial charge in [-0.05, 0) is 24.8 Å². The first-order chi connectivity index (χ1) is 10.8. The lowest BCUT2D eigenvalue weighted by atomic mass is 9.68. The van der Waals surface area contributed by atoms with Crippen molar-refractivity contribution < 1.29 is 0 Å². The van der Waals surface area contributed by atoms with Crippen molar-refractivity contribution >= 4 is 5.78 Å². The smallest absolute Gasteiger partial charge is 0.264 e. The maximum Gasteiger partial charge on any atom is 0.264 e. The van der Waals surface area contributed by atoms with E-state index in [2.05, 4.69) is 28.4 Å². The minimum Gasteiger partial charge on any atom is -0.268 e. The highest BCUT2D eigenvalue weighted by Crippen LogP contribution is 2.49. The molecule has 1 aromatic carbocycles. The summed E-state index contributed by atoms with van der Waals surface area (Å²) >= 11 is 0. The molecule has 0 atom stereocenters. The minimum absolute atomic E-state index is 0.0355. The van der Waals surface area contributed by atoms with E-state index < -0.39 is 0 Å². The first-order valence-corrected chi connectivity index (χ1v) is 7.83. The highest BCUT2D eigenvalue weighted by atomic mass is 16.1. The molecule has 3 aromatic rings. The number of H-pyrrole nitrogens is 1. The third kappa shape index (κ3) is 1.41. The van der Waals surface area contributed by atoms with Crippen molar-refractivity contribution in [2.24, 2.45) is 0 Å². The summed E-state index contributed by atoms with van der Waals surface area (Å²) in [5.74, 6) is 0.522. The fourth-order valence-corrected chi connectivity index (χ4v) is 4.37. The summed E-state index contributed by atoms with van der Waals surface area (Å²) in [5.41, 5.74) is 4.19. The molecule has 2 aliphatic carbocycles. The van der Waals surface area contributed by atoms with Crippen molar-refractivity contribution in [3.63, 3.8) is 0 Å². The number of benzene rings is 1. The molecule has 0 unspecified atom stereocenters. The van der Waals surface area contributed by atoms with E-state index in [-0.39, 0.29) is 11.0 Å². The van der Waals surface area contributed by atoms with Crippen LogP contribution < -0.4 is 5.56 Å². The molecule has 1 saturated carbocycles. The number of fused-ring (bicyclic) bond motifs is 5. The topological polar surface area (TPSA) is 63.0 Å². The van der Waals surface area contributed by atoms with Gasteiger partial charge in [0.05, 0.1) is 11.3 Å². The summed E-state index contributed by atoms with van der Waals surface area (Å²) in [6.45, 7) is 0. The lowest BCUT2D eigenvalue weighted by Crippen LogP contribution is -2.38. The van der Waals surface area contributed by atoms with Crippen LogP contribution in [0.4, 0.5) is 0 Å². The highest BCUT2D eigenvalue weighted by Gasteiger charge is 2.44. The van der Waals surface area contributed by atoms with Gasteiger partial charge in [0.2, 0.25) is 5.78 Å². The fraction of sp³-hybridized carbons (Fsp3) is 0.353. The van der Waals surface area contributed by atoms with Gasteiger partial charge in [0, 0.05) is 11.0 Å². The molecule has 0 bridgehead atoms. The van der Waals surface area contributed by atoms with Crippen LogP contribution in [-0.4, -0.2) is 19.6 Å². The third-order valence-corrected chi connectivity index (χ3v) is 5.35. The van der Waals surface area contributed by atoms with Crippen molar-refractivity contribution in [1.29, 1.82) is 0 Å². The van der Waals surface area contributed by atoms with Gasteiger partial charge in [-0.1, -0.05) is 37.1 Å². The summed E-state index contributed by atoms with van der Waals surface area (Å²) in [5, 5.41) is 6.80. The van der Waals surface area contributed by atoms with E-state index in [1.165, 1.54) is 24.7 Å². The Morgan fingerprint density at radius 3 is 2.86 bits per heavy atom. The van der Waals surface area contributed by atoms with Crippen molar-refractivity contribution in [2.75, 3.05) is 0 Å². The van der Waals surface area contributed by atoms with Crippen molar-refractivity contribution in [3.05, 3.63) is 52.1 Å². The molecule has 22 heavy (non-hydrogen) atoms. The number of nitrogens with zero attached hydrogens (tertiary/aromatic N) is 3. The Balaban J connectivity index is 1.95. The van der Waals surface area contributed by atoms with Crippen molar-refractivity contribution in [1.82, 2.24) is 19.6 Å². The van der Waals surface area contributed by atoms with E-state index in [1.54, 1.807) is 4.40 Å². The molecular weight excluding hydrogens is 276 g/mol. The van der Waals surface area contributed by atoms with Crippen LogP contribution in [-0.2, 0) is 11.8 Å². The first kappa shape index (κ1) is 12.1. The lowest BCUT2D eigenvalue weighted by molar-refractivity contribution is 0.426. The second-order valence-electron chi connectivity index (χ2n) is 6.51. The van der Waals surface area contributed by atoms with E-state index in [4.69, 9.17) is 4.98 Å². The van der Waals surface area contributed by atoms with Crippen molar-refractivity contribution in [3.8, 4) is 11.3 Å². The Hall–Kier alpha value is -2.43. The molecule has 2 aromatic heterocycles. The molecule has 1 N–H and O–H groups in total. The molecule has 0 radical (unpaired) electrons. The summed E-state index contributed by atoms with van der Waals surface area (Å²) in [7, 11) is 0. The second-order valence-corrected chi connectivity index (χ2v) is 6.51. The Labute approximate surface area is 127 Å². The van der Waals surface area contributed by atoms with Gasteiger partial charge in [0.1, 0.15) is 6.33 Å². The number of hydrogen-bond donors (Lipinski definition) is 1. The standard InChI is InChI=1S/C17H16N4O/c22-15-13-14(19-16-20-18-10-21(15)16)12-6-2-1-5-11(12)9-17(13)7-3-4-8-17/h1-2,5-6,10H,3-4,7-9H2,(H,19,20). The minimum atomic E-state index is -0.0355. The number of hydrogen-bond acceptors (Lipinski definition) is 3. The monoisotopic (exact) mass is 292 g/mol. The SMILES string of the molecule is O=c1c2c(nc3[nH]ncn13)-c1ccccc1CC21CCCC1. The van der Waals surface area contributed by atoms with Gasteiger partial charge < -0.3 is 0 Å². The van der Waals surface area contributed by atoms with Gasteiger partial charge in [-0.25, -0.2) is 14.5 Å². The number of rotatable bonds is 0. The molecule has 5 heteroatoms. The van der Waals surface area contributed by atoms with E-state index in [1.807, 2.05) is 6.07 Å². The molecule has 1 fully saturated rings. The Morgan fingerprint density at radius 1 is 1.18 bits per heavy atom. The van der Waals surface area contributed by atoms with Gasteiger partial charge in [-0.2, -0.15) is 5.10 Å². The zero-order valence-electron chi connectivity index (χ0n) is 12.2. The second kappa shape index (κ2) is 4.06. The average molecular weight is 292 g/mol. The van der Waals surface area contributed by atoms with Gasteiger partial charge in [0.15, 0.2) is 0 Å². The number of nitrogens with one attached hydrogen (secondary N) is 1. The fourth-order valence-electron chi connectivity index (χ4n) is 4.37. The molecule has 5 rings (SSSR count). The summed E-state index contributed by atoms with van der Waals surface area (Å²) < 4.78 is 1.55. The normalized spacial score (nSPS) is 18.5. The largest absolute Gasteiger partial charge is 0.268 e. The molecule has 0 saturated heterocycles. The molecule has 2 heterocycles. The van der Waals surface area contributed by atoms with E-state index in [0.29, 0.717) is 5.78 Å². The van der Waals surface area contributed by atoms with Gasteiger partial charge in [-0.3, -0.25) is 4.79 Å². The summed E-state index contributed by atoms with van der Waals surface area (Å²) in [6.07, 6.45) is 7.03. The maximum absolute atomic E-state index is 13.1. The Morgan fingerprint density at radius 2 is 2.00 bits per heavy atom. The van der Waals surface area contributed by atoms with E-state index in [0.717, 1.165) is 36.1 Å². The van der Waals surface area contributed by atoms with Crippen LogP contribution in [0.5, 0.6) is 0 Å². The summed E-state index contributed by atoms with van der Waals surface area (Å²) in [4.78, 5) is 17.8. The quantitative estimate of drug-likeness (QED) is 0.692. The van der Waals surface area contributed by atoms with Crippen LogP contribution in [0.15, 0.2) is 35.4 Å². The number of aromatic amines is 1. The molecule has 2 aliphatic rings.